The SMILES string of the molecule is NCCCCCOCc1cnccc1SC1=C(C(=O)O)N2C(=O)[C@@H](NC(=O)/C(=N\O)c3nc(N)sc3Cl)[C@@H]2SC1. The highest BCUT2D eigenvalue weighted by Crippen LogP contribution is 2.45. The highest BCUT2D eigenvalue weighted by molar-refractivity contribution is 8.06. The van der Waals surface area contributed by atoms with E-state index in [9.17, 15) is 24.7 Å². The number of nitrogens with zero attached hydrogens (tertiary/aromatic N) is 4. The van der Waals surface area contributed by atoms with Crippen LogP contribution < -0.4 is 16.8 Å². The summed E-state index contributed by atoms with van der Waals surface area (Å²) in [5.41, 5.74) is 11.1. The van der Waals surface area contributed by atoms with Gasteiger partial charge in [-0.3, -0.25) is 19.5 Å². The number of thiazole rings is 1. The van der Waals surface area contributed by atoms with Crippen molar-refractivity contribution in [3.63, 3.8) is 0 Å². The number of aromatic nitrogens is 2. The molecular weight excluding hydrogens is 602 g/mol. The first-order chi connectivity index (χ1) is 19.3. The van der Waals surface area contributed by atoms with Gasteiger partial charge in [-0.2, -0.15) is 0 Å². The van der Waals surface area contributed by atoms with Crippen molar-refractivity contribution in [1.29, 1.82) is 0 Å². The fourth-order valence-electron chi connectivity index (χ4n) is 4.00. The number of pyridine rings is 1. The Balaban J connectivity index is 1.46. The number of amides is 2. The van der Waals surface area contributed by atoms with Crippen LogP contribution in [0.2, 0.25) is 4.34 Å². The highest BCUT2D eigenvalue weighted by atomic mass is 35.5. The number of hydrogen-bond donors (Lipinski definition) is 5. The molecule has 0 bridgehead atoms. The van der Waals surface area contributed by atoms with Crippen LogP contribution in [0.25, 0.3) is 0 Å². The lowest BCUT2D eigenvalue weighted by molar-refractivity contribution is -0.150. The molecule has 0 spiro atoms. The molecule has 0 saturated carbocycles. The lowest BCUT2D eigenvalue weighted by atomic mass is 10.0. The number of ether oxygens (including phenoxy) is 1. The highest BCUT2D eigenvalue weighted by Gasteiger charge is 2.54. The minimum absolute atomic E-state index is 0.0410. The van der Waals surface area contributed by atoms with Gasteiger partial charge >= 0.3 is 5.97 Å². The van der Waals surface area contributed by atoms with Crippen LogP contribution in [0.4, 0.5) is 5.13 Å². The second-order valence-electron chi connectivity index (χ2n) is 8.55. The molecule has 2 aromatic heterocycles. The lowest BCUT2D eigenvalue weighted by Gasteiger charge is -2.49. The molecule has 2 atom stereocenters. The number of nitrogens with one attached hydrogen (secondary N) is 1. The summed E-state index contributed by atoms with van der Waals surface area (Å²) < 4.78 is 5.82. The maximum atomic E-state index is 13.1. The van der Waals surface area contributed by atoms with Gasteiger partial charge in [-0.05, 0) is 31.9 Å². The van der Waals surface area contributed by atoms with E-state index in [-0.39, 0.29) is 26.6 Å². The number of aliphatic carboxylic acids is 1. The molecule has 7 N–H and O–H groups in total. The predicted octanol–water partition coefficient (Wildman–Crippen LogP) is 2.09. The van der Waals surface area contributed by atoms with Crippen molar-refractivity contribution in [3.05, 3.63) is 44.7 Å². The molecule has 0 radical (unpaired) electrons. The van der Waals surface area contributed by atoms with Crippen molar-refractivity contribution in [2.75, 3.05) is 24.6 Å². The number of nitrogen functional groups attached to an aromatic ring is 1. The Morgan fingerprint density at radius 1 is 1.35 bits per heavy atom. The Kier molecular flexibility index (Phi) is 10.3. The molecule has 2 aliphatic heterocycles. The van der Waals surface area contributed by atoms with E-state index in [1.807, 2.05) is 0 Å². The van der Waals surface area contributed by atoms with Crippen molar-refractivity contribution < 1.29 is 29.4 Å². The van der Waals surface area contributed by atoms with Crippen molar-refractivity contribution >= 4 is 75.1 Å². The minimum atomic E-state index is -1.26. The fourth-order valence-corrected chi connectivity index (χ4v) is 7.49. The second kappa shape index (κ2) is 13.6. The summed E-state index contributed by atoms with van der Waals surface area (Å²) >= 11 is 9.46. The molecule has 4 heterocycles. The number of rotatable bonds is 13. The number of carbonyl (C=O) groups is 3. The number of thioether (sulfide) groups is 2. The Hall–Kier alpha value is -2.89. The van der Waals surface area contributed by atoms with Crippen molar-refractivity contribution in [2.45, 2.75) is 42.2 Å². The third-order valence-corrected chi connectivity index (χ3v) is 9.65. The molecule has 1 saturated heterocycles. The average Bonchev–Trinajstić information content (AvgIpc) is 3.27. The number of unbranched alkanes of at least 4 members (excludes halogenated alkanes) is 2. The van der Waals surface area contributed by atoms with Gasteiger partial charge in [-0.25, -0.2) is 9.78 Å². The van der Waals surface area contributed by atoms with Gasteiger partial charge < -0.3 is 31.8 Å². The minimum Gasteiger partial charge on any atom is -0.477 e. The smallest absolute Gasteiger partial charge is 0.353 e. The van der Waals surface area contributed by atoms with E-state index in [0.29, 0.717) is 24.7 Å². The monoisotopic (exact) mass is 627 g/mol. The summed E-state index contributed by atoms with van der Waals surface area (Å²) in [5.74, 6) is -2.50. The van der Waals surface area contributed by atoms with Crippen LogP contribution in [0, 0.1) is 0 Å². The lowest BCUT2D eigenvalue weighted by Crippen LogP contribution is -2.71. The molecule has 40 heavy (non-hydrogen) atoms. The van der Waals surface area contributed by atoms with E-state index in [4.69, 9.17) is 27.8 Å². The van der Waals surface area contributed by atoms with Gasteiger partial charge in [0.15, 0.2) is 10.8 Å². The molecule has 214 valence electrons. The molecule has 4 rings (SSSR count). The largest absolute Gasteiger partial charge is 0.477 e. The molecule has 2 aliphatic rings. The summed E-state index contributed by atoms with van der Waals surface area (Å²) in [6, 6.07) is 0.725. The molecular formula is C23H26ClN7O6S3. The summed E-state index contributed by atoms with van der Waals surface area (Å²) in [7, 11) is 0. The van der Waals surface area contributed by atoms with E-state index < -0.39 is 34.9 Å². The van der Waals surface area contributed by atoms with E-state index in [0.717, 1.165) is 46.0 Å². The molecule has 1 fully saturated rings. The summed E-state index contributed by atoms with van der Waals surface area (Å²) in [6.45, 7) is 1.52. The van der Waals surface area contributed by atoms with Gasteiger partial charge in [0, 0.05) is 40.1 Å². The fraction of sp³-hybridized carbons (Fsp3) is 0.391. The van der Waals surface area contributed by atoms with Gasteiger partial charge in [-0.15, -0.1) is 11.8 Å². The zero-order valence-corrected chi connectivity index (χ0v) is 24.1. The standard InChI is InChI=1S/C23H26ClN7O6S3/c24-18-14(29-23(26)40-18)15(30-36)19(32)28-16-20(33)31-17(22(34)35)13(10-38-21(16)31)39-12-4-6-27-8-11(12)9-37-7-3-1-2-5-25/h4,6,8,16,21,36H,1-3,5,7,9-10,25H2,(H2,26,29)(H,28,32)(H,34,35)/b30-15-/t16-,21+/m1/s1. The number of anilines is 1. The van der Waals surface area contributed by atoms with Gasteiger partial charge in [0.2, 0.25) is 0 Å². The third-order valence-electron chi connectivity index (χ3n) is 5.91. The number of fused-ring (bicyclic) bond motifs is 1. The van der Waals surface area contributed by atoms with Crippen molar-refractivity contribution in [1.82, 2.24) is 20.2 Å². The molecule has 2 aromatic rings. The normalized spacial score (nSPS) is 18.9. The molecule has 2 amide bonds. The van der Waals surface area contributed by atoms with Gasteiger partial charge in [-0.1, -0.05) is 39.9 Å². The van der Waals surface area contributed by atoms with Gasteiger partial charge in [0.25, 0.3) is 11.8 Å². The van der Waals surface area contributed by atoms with Crippen LogP contribution in [0.3, 0.4) is 0 Å². The number of carboxylic acids is 1. The average molecular weight is 628 g/mol. The molecule has 13 nitrogen and oxygen atoms in total. The van der Waals surface area contributed by atoms with Crippen LogP contribution in [-0.2, 0) is 25.7 Å². The third kappa shape index (κ3) is 6.53. The Morgan fingerprint density at radius 3 is 2.83 bits per heavy atom. The Labute approximate surface area is 246 Å². The molecule has 0 unspecified atom stereocenters. The molecule has 17 heteroatoms. The Bertz CT molecular complexity index is 1350. The van der Waals surface area contributed by atoms with E-state index in [1.54, 1.807) is 18.5 Å². The zero-order valence-electron chi connectivity index (χ0n) is 20.9. The Morgan fingerprint density at radius 2 is 2.15 bits per heavy atom. The maximum absolute atomic E-state index is 13.1. The number of carbonyl (C=O) groups excluding carboxylic acids is 2. The zero-order chi connectivity index (χ0) is 28.8. The summed E-state index contributed by atoms with van der Waals surface area (Å²) in [5, 5.41) is 24.3. The van der Waals surface area contributed by atoms with Crippen molar-refractivity contribution in [3.8, 4) is 0 Å². The van der Waals surface area contributed by atoms with Gasteiger partial charge in [0.1, 0.15) is 27.1 Å². The van der Waals surface area contributed by atoms with E-state index >= 15 is 0 Å². The van der Waals surface area contributed by atoms with E-state index in [2.05, 4.69) is 20.4 Å². The van der Waals surface area contributed by atoms with Crippen LogP contribution in [0.15, 0.2) is 39.1 Å². The first-order valence-corrected chi connectivity index (χ1v) is 15.1. The van der Waals surface area contributed by atoms with Crippen LogP contribution in [0.1, 0.15) is 30.5 Å². The number of halogens is 1. The molecule has 0 aromatic carbocycles. The first kappa shape index (κ1) is 30.1. The summed E-state index contributed by atoms with van der Waals surface area (Å²) in [6.07, 6.45) is 6.08. The summed E-state index contributed by atoms with van der Waals surface area (Å²) in [4.78, 5) is 48.6. The number of nitrogens with two attached hydrogens (primary N) is 2. The van der Waals surface area contributed by atoms with Gasteiger partial charge in [0.05, 0.1) is 6.61 Å². The second-order valence-corrected chi connectivity index (χ2v) is 12.4. The molecule has 0 aliphatic carbocycles. The quantitative estimate of drug-likeness (QED) is 0.0711. The number of hydrogen-bond acceptors (Lipinski definition) is 13. The number of carboxylic acid groups (broad SMARTS) is 1. The van der Waals surface area contributed by atoms with Crippen molar-refractivity contribution in [2.24, 2.45) is 10.9 Å². The number of oxime groups is 1. The van der Waals surface area contributed by atoms with E-state index in [1.165, 1.54) is 23.5 Å². The first-order valence-electron chi connectivity index (χ1n) is 12.0. The topological polar surface area (TPSA) is 206 Å². The predicted molar refractivity (Wildman–Crippen MR) is 152 cm³/mol. The van der Waals surface area contributed by atoms with Crippen LogP contribution in [0.5, 0.6) is 0 Å². The number of β-lactam (4-membered cyclic amide) rings is 1. The maximum Gasteiger partial charge on any atom is 0.353 e. The van der Waals surface area contributed by atoms with Crippen LogP contribution in [-0.4, -0.2) is 79.0 Å². The van der Waals surface area contributed by atoms with Crippen LogP contribution >= 0.6 is 46.5 Å².